The Balaban J connectivity index is 1.93. The molecule has 1 heterocycles. The molecule has 0 aliphatic carbocycles. The number of benzene rings is 2. The fourth-order valence-electron chi connectivity index (χ4n) is 2.09. The highest BCUT2D eigenvalue weighted by Gasteiger charge is 2.09. The molecule has 0 bridgehead atoms. The number of fused-ring (bicyclic) bond motifs is 1. The first-order valence-electron chi connectivity index (χ1n) is 6.45. The van der Waals surface area contributed by atoms with E-state index in [-0.39, 0.29) is 17.7 Å². The van der Waals surface area contributed by atoms with Gasteiger partial charge in [-0.05, 0) is 24.6 Å². The number of hydrogen-bond donors (Lipinski definition) is 1. The molecule has 20 heavy (non-hydrogen) atoms. The van der Waals surface area contributed by atoms with Crippen LogP contribution in [0.4, 0.5) is 6.01 Å². The molecule has 0 aliphatic rings. The molecule has 1 atom stereocenters. The van der Waals surface area contributed by atoms with Crippen LogP contribution in [-0.2, 0) is 0 Å². The lowest BCUT2D eigenvalue weighted by molar-refractivity contribution is 0.510. The van der Waals surface area contributed by atoms with Crippen LogP contribution in [0.3, 0.4) is 0 Å². The first-order valence-corrected chi connectivity index (χ1v) is 6.45. The summed E-state index contributed by atoms with van der Waals surface area (Å²) >= 11 is 0. The van der Waals surface area contributed by atoms with E-state index < -0.39 is 0 Å². The van der Waals surface area contributed by atoms with Crippen LogP contribution in [0, 0.1) is 0 Å². The normalized spacial score (nSPS) is 12.2. The summed E-state index contributed by atoms with van der Waals surface area (Å²) in [5.74, 6) is 0. The monoisotopic (exact) mass is 266 g/mol. The summed E-state index contributed by atoms with van der Waals surface area (Å²) < 4.78 is 5.20. The van der Waals surface area contributed by atoms with E-state index in [4.69, 9.17) is 4.42 Å². The molecule has 0 saturated carbocycles. The van der Waals surface area contributed by atoms with Crippen LogP contribution < -0.4 is 10.9 Å². The third-order valence-electron chi connectivity index (χ3n) is 3.17. The molecular formula is C16H14N2O2. The first-order chi connectivity index (χ1) is 9.74. The molecule has 0 saturated heterocycles. The number of hydrogen-bond acceptors (Lipinski definition) is 4. The van der Waals surface area contributed by atoms with Gasteiger partial charge in [0.05, 0.1) is 16.9 Å². The van der Waals surface area contributed by atoms with Crippen molar-refractivity contribution in [3.63, 3.8) is 0 Å². The Morgan fingerprint density at radius 3 is 2.55 bits per heavy atom. The van der Waals surface area contributed by atoms with Crippen LogP contribution in [0.25, 0.3) is 10.9 Å². The summed E-state index contributed by atoms with van der Waals surface area (Å²) in [6.45, 7) is 1.99. The molecule has 4 nitrogen and oxygen atoms in total. The second kappa shape index (κ2) is 5.17. The highest BCUT2D eigenvalue weighted by atomic mass is 16.4. The van der Waals surface area contributed by atoms with Crippen molar-refractivity contribution >= 4 is 16.9 Å². The highest BCUT2D eigenvalue weighted by Crippen LogP contribution is 2.18. The Kier molecular flexibility index (Phi) is 3.21. The molecule has 0 aliphatic heterocycles. The van der Waals surface area contributed by atoms with Crippen molar-refractivity contribution in [2.75, 3.05) is 5.32 Å². The van der Waals surface area contributed by atoms with Gasteiger partial charge in [0.15, 0.2) is 0 Å². The fraction of sp³-hybridized carbons (Fsp3) is 0.125. The van der Waals surface area contributed by atoms with Crippen LogP contribution >= 0.6 is 0 Å². The molecule has 0 spiro atoms. The standard InChI is InChI=1S/C16H14N2O2/c1-11(12-7-3-2-4-8-12)17-16-18-14-10-6-5-9-13(14)15(19)20-16/h2-11H,1H3,(H,17,18). The van der Waals surface area contributed by atoms with Crippen LogP contribution in [0.1, 0.15) is 18.5 Å². The Hall–Kier alpha value is -2.62. The van der Waals surface area contributed by atoms with E-state index in [0.717, 1.165) is 5.56 Å². The fourth-order valence-corrected chi connectivity index (χ4v) is 2.09. The Morgan fingerprint density at radius 1 is 1.05 bits per heavy atom. The van der Waals surface area contributed by atoms with Crippen molar-refractivity contribution in [3.05, 3.63) is 70.6 Å². The van der Waals surface area contributed by atoms with E-state index in [9.17, 15) is 4.79 Å². The summed E-state index contributed by atoms with van der Waals surface area (Å²) in [4.78, 5) is 16.2. The van der Waals surface area contributed by atoms with Gasteiger partial charge in [-0.15, -0.1) is 0 Å². The van der Waals surface area contributed by atoms with Gasteiger partial charge < -0.3 is 9.73 Å². The van der Waals surface area contributed by atoms with Gasteiger partial charge in [0.1, 0.15) is 0 Å². The molecule has 1 aromatic heterocycles. The van der Waals surface area contributed by atoms with E-state index in [2.05, 4.69) is 10.3 Å². The second-order valence-corrected chi connectivity index (χ2v) is 4.60. The average Bonchev–Trinajstić information content (AvgIpc) is 2.48. The van der Waals surface area contributed by atoms with Gasteiger partial charge in [-0.1, -0.05) is 42.5 Å². The lowest BCUT2D eigenvalue weighted by Gasteiger charge is -2.13. The molecule has 2 aromatic carbocycles. The van der Waals surface area contributed by atoms with Crippen LogP contribution in [0.5, 0.6) is 0 Å². The highest BCUT2D eigenvalue weighted by molar-refractivity contribution is 5.77. The van der Waals surface area contributed by atoms with Crippen molar-refractivity contribution in [2.45, 2.75) is 13.0 Å². The third kappa shape index (κ3) is 2.40. The Morgan fingerprint density at radius 2 is 1.75 bits per heavy atom. The van der Waals surface area contributed by atoms with Crippen LogP contribution in [0.2, 0.25) is 0 Å². The Labute approximate surface area is 116 Å². The van der Waals surface area contributed by atoms with Crippen LogP contribution in [0.15, 0.2) is 63.8 Å². The lowest BCUT2D eigenvalue weighted by Crippen LogP contribution is -2.11. The summed E-state index contributed by atoms with van der Waals surface area (Å²) in [7, 11) is 0. The quantitative estimate of drug-likeness (QED) is 0.789. The van der Waals surface area contributed by atoms with Gasteiger partial charge in [0.2, 0.25) is 0 Å². The summed E-state index contributed by atoms with van der Waals surface area (Å²) in [5, 5.41) is 3.60. The minimum atomic E-state index is -0.377. The van der Waals surface area contributed by atoms with Crippen molar-refractivity contribution in [1.82, 2.24) is 4.98 Å². The molecule has 1 unspecified atom stereocenters. The molecule has 100 valence electrons. The number of nitrogens with zero attached hydrogens (tertiary/aromatic N) is 1. The average molecular weight is 266 g/mol. The van der Waals surface area contributed by atoms with E-state index in [0.29, 0.717) is 10.9 Å². The maximum absolute atomic E-state index is 11.9. The molecule has 3 aromatic rings. The number of nitrogens with one attached hydrogen (secondary N) is 1. The van der Waals surface area contributed by atoms with Crippen molar-refractivity contribution in [2.24, 2.45) is 0 Å². The predicted molar refractivity (Wildman–Crippen MR) is 78.8 cm³/mol. The van der Waals surface area contributed by atoms with Gasteiger partial charge in [-0.3, -0.25) is 0 Å². The molecule has 0 amide bonds. The first kappa shape index (κ1) is 12.4. The smallest absolute Gasteiger partial charge is 0.348 e. The molecule has 3 rings (SSSR count). The zero-order valence-electron chi connectivity index (χ0n) is 11.0. The van der Waals surface area contributed by atoms with Gasteiger partial charge in [0, 0.05) is 0 Å². The zero-order chi connectivity index (χ0) is 13.9. The van der Waals surface area contributed by atoms with E-state index in [1.165, 1.54) is 0 Å². The van der Waals surface area contributed by atoms with Gasteiger partial charge in [-0.2, -0.15) is 4.98 Å². The second-order valence-electron chi connectivity index (χ2n) is 4.60. The number of anilines is 1. The van der Waals surface area contributed by atoms with E-state index in [1.54, 1.807) is 18.2 Å². The molecule has 0 fully saturated rings. The van der Waals surface area contributed by atoms with Crippen molar-refractivity contribution in [1.29, 1.82) is 0 Å². The molecule has 0 radical (unpaired) electrons. The lowest BCUT2D eigenvalue weighted by atomic mass is 10.1. The van der Waals surface area contributed by atoms with Crippen molar-refractivity contribution < 1.29 is 4.42 Å². The third-order valence-corrected chi connectivity index (χ3v) is 3.17. The molecular weight excluding hydrogens is 252 g/mol. The van der Waals surface area contributed by atoms with E-state index >= 15 is 0 Å². The summed E-state index contributed by atoms with van der Waals surface area (Å²) in [5.41, 5.74) is 1.36. The minimum Gasteiger partial charge on any atom is -0.389 e. The number of aromatic nitrogens is 1. The van der Waals surface area contributed by atoms with Gasteiger partial charge in [-0.25, -0.2) is 4.79 Å². The maximum atomic E-state index is 11.9. The number of rotatable bonds is 3. The maximum Gasteiger partial charge on any atom is 0.348 e. The van der Waals surface area contributed by atoms with Gasteiger partial charge >= 0.3 is 5.63 Å². The number of para-hydroxylation sites is 1. The Bertz CT molecular complexity index is 781. The molecule has 1 N–H and O–H groups in total. The molecule has 4 heteroatoms. The van der Waals surface area contributed by atoms with Crippen molar-refractivity contribution in [3.8, 4) is 0 Å². The SMILES string of the molecule is CC(Nc1nc2ccccc2c(=O)o1)c1ccccc1. The summed E-state index contributed by atoms with van der Waals surface area (Å²) in [6, 6.07) is 17.3. The largest absolute Gasteiger partial charge is 0.389 e. The zero-order valence-corrected chi connectivity index (χ0v) is 11.0. The van der Waals surface area contributed by atoms with Gasteiger partial charge in [0.25, 0.3) is 6.01 Å². The summed E-state index contributed by atoms with van der Waals surface area (Å²) in [6.07, 6.45) is 0. The van der Waals surface area contributed by atoms with Crippen LogP contribution in [-0.4, -0.2) is 4.98 Å². The van der Waals surface area contributed by atoms with E-state index in [1.807, 2.05) is 43.3 Å². The predicted octanol–water partition coefficient (Wildman–Crippen LogP) is 3.36. The minimum absolute atomic E-state index is 0.00742. The topological polar surface area (TPSA) is 55.1 Å².